The van der Waals surface area contributed by atoms with Crippen LogP contribution in [0.5, 0.6) is 0 Å². The summed E-state index contributed by atoms with van der Waals surface area (Å²) < 4.78 is 28.2. The van der Waals surface area contributed by atoms with Crippen LogP contribution in [0.4, 0.5) is 0 Å². The number of alkyl halides is 1. The number of hydrogen-bond donors (Lipinski definition) is 1. The number of nitrogens with one attached hydrogen (secondary N) is 1. The molecule has 18 heavy (non-hydrogen) atoms. The summed E-state index contributed by atoms with van der Waals surface area (Å²) in [5, 5.41) is 0.883. The zero-order chi connectivity index (χ0) is 13.8. The van der Waals surface area contributed by atoms with Gasteiger partial charge in [-0.05, 0) is 53.4 Å². The molecular formula is C11H14Br3NO2S. The van der Waals surface area contributed by atoms with Crippen LogP contribution in [0, 0.1) is 6.92 Å². The molecule has 0 saturated carbocycles. The zero-order valence-electron chi connectivity index (χ0n) is 9.84. The first-order chi connectivity index (χ1) is 8.38. The van der Waals surface area contributed by atoms with E-state index in [4.69, 9.17) is 0 Å². The predicted molar refractivity (Wildman–Crippen MR) is 84.8 cm³/mol. The van der Waals surface area contributed by atoms with Gasteiger partial charge in [-0.1, -0.05) is 31.9 Å². The second-order valence-corrected chi connectivity index (χ2v) is 8.06. The number of benzene rings is 1. The van der Waals surface area contributed by atoms with Gasteiger partial charge in [0.25, 0.3) is 0 Å². The van der Waals surface area contributed by atoms with Crippen LogP contribution >= 0.6 is 47.8 Å². The molecule has 0 spiro atoms. The van der Waals surface area contributed by atoms with Gasteiger partial charge in [-0.2, -0.15) is 0 Å². The van der Waals surface area contributed by atoms with Crippen LogP contribution in [-0.2, 0) is 10.0 Å². The van der Waals surface area contributed by atoms with Gasteiger partial charge in [-0.3, -0.25) is 0 Å². The quantitative estimate of drug-likeness (QED) is 0.512. The van der Waals surface area contributed by atoms with Crippen LogP contribution in [0.15, 0.2) is 26.0 Å². The van der Waals surface area contributed by atoms with E-state index in [0.29, 0.717) is 11.0 Å². The van der Waals surface area contributed by atoms with Crippen LogP contribution in [0.3, 0.4) is 0 Å². The fourth-order valence-electron chi connectivity index (χ4n) is 1.34. The lowest BCUT2D eigenvalue weighted by Crippen LogP contribution is -2.25. The highest BCUT2D eigenvalue weighted by atomic mass is 79.9. The third-order valence-corrected chi connectivity index (χ3v) is 6.19. The molecule has 0 bridgehead atoms. The Morgan fingerprint density at radius 1 is 1.17 bits per heavy atom. The van der Waals surface area contributed by atoms with Crippen molar-refractivity contribution in [2.45, 2.75) is 24.7 Å². The van der Waals surface area contributed by atoms with E-state index in [9.17, 15) is 8.42 Å². The van der Waals surface area contributed by atoms with Crippen molar-refractivity contribution in [2.75, 3.05) is 11.9 Å². The van der Waals surface area contributed by atoms with Gasteiger partial charge in [0.05, 0.1) is 4.90 Å². The molecule has 0 fully saturated rings. The van der Waals surface area contributed by atoms with Crippen LogP contribution in [0.25, 0.3) is 0 Å². The summed E-state index contributed by atoms with van der Waals surface area (Å²) in [5.74, 6) is 0. The zero-order valence-corrected chi connectivity index (χ0v) is 15.4. The van der Waals surface area contributed by atoms with E-state index in [0.717, 1.165) is 28.2 Å². The third kappa shape index (κ3) is 4.59. The molecule has 0 aromatic heterocycles. The molecule has 1 N–H and O–H groups in total. The summed E-state index contributed by atoms with van der Waals surface area (Å²) >= 11 is 9.95. The average Bonchev–Trinajstić information content (AvgIpc) is 2.29. The average molecular weight is 464 g/mol. The molecule has 0 radical (unpaired) electrons. The summed E-state index contributed by atoms with van der Waals surface area (Å²) in [6.45, 7) is 2.36. The van der Waals surface area contributed by atoms with Gasteiger partial charge in [-0.15, -0.1) is 0 Å². The van der Waals surface area contributed by atoms with Crippen molar-refractivity contribution < 1.29 is 8.42 Å². The first-order valence-electron chi connectivity index (χ1n) is 5.40. The molecule has 1 rings (SSSR count). The standard InChI is InChI=1S/C11H14Br3NO2S/c1-8-6-10(14)11(7-9(8)13)18(16,17)15-5-3-2-4-12/h6-7,15H,2-5H2,1H3. The molecule has 0 saturated heterocycles. The minimum Gasteiger partial charge on any atom is -0.211 e. The smallest absolute Gasteiger partial charge is 0.211 e. The molecule has 1 aromatic rings. The Kier molecular flexibility index (Phi) is 6.81. The maximum absolute atomic E-state index is 12.1. The van der Waals surface area contributed by atoms with Gasteiger partial charge in [-0.25, -0.2) is 13.1 Å². The summed E-state index contributed by atoms with van der Waals surface area (Å²) in [5.41, 5.74) is 0.986. The van der Waals surface area contributed by atoms with Crippen molar-refractivity contribution in [1.82, 2.24) is 4.72 Å². The van der Waals surface area contributed by atoms with Gasteiger partial charge in [0, 0.05) is 20.8 Å². The van der Waals surface area contributed by atoms with Gasteiger partial charge < -0.3 is 0 Å². The van der Waals surface area contributed by atoms with Gasteiger partial charge in [0.15, 0.2) is 0 Å². The molecule has 0 unspecified atom stereocenters. The van der Waals surface area contributed by atoms with Crippen molar-refractivity contribution >= 4 is 57.8 Å². The lowest BCUT2D eigenvalue weighted by molar-refractivity contribution is 0.578. The van der Waals surface area contributed by atoms with Crippen molar-refractivity contribution in [3.63, 3.8) is 0 Å². The van der Waals surface area contributed by atoms with Crippen LogP contribution in [0.2, 0.25) is 0 Å². The predicted octanol–water partition coefficient (Wildman–Crippen LogP) is 3.97. The first-order valence-corrected chi connectivity index (χ1v) is 9.59. The van der Waals surface area contributed by atoms with E-state index in [2.05, 4.69) is 52.5 Å². The normalized spacial score (nSPS) is 11.8. The molecule has 3 nitrogen and oxygen atoms in total. The fraction of sp³-hybridized carbons (Fsp3) is 0.455. The minimum atomic E-state index is -3.45. The lowest BCUT2D eigenvalue weighted by atomic mass is 10.2. The maximum Gasteiger partial charge on any atom is 0.241 e. The molecule has 0 amide bonds. The van der Waals surface area contributed by atoms with Gasteiger partial charge >= 0.3 is 0 Å². The van der Waals surface area contributed by atoms with Gasteiger partial charge in [0.2, 0.25) is 10.0 Å². The fourth-order valence-corrected chi connectivity index (χ4v) is 4.48. The van der Waals surface area contributed by atoms with E-state index in [1.165, 1.54) is 0 Å². The Hall–Kier alpha value is 0.570. The van der Waals surface area contributed by atoms with E-state index in [-0.39, 0.29) is 4.90 Å². The Morgan fingerprint density at radius 2 is 1.83 bits per heavy atom. The lowest BCUT2D eigenvalue weighted by Gasteiger charge is -2.10. The molecule has 0 aliphatic heterocycles. The van der Waals surface area contributed by atoms with Crippen LogP contribution in [-0.4, -0.2) is 20.3 Å². The first kappa shape index (κ1) is 16.6. The van der Waals surface area contributed by atoms with E-state index >= 15 is 0 Å². The minimum absolute atomic E-state index is 0.263. The number of hydrogen-bond acceptors (Lipinski definition) is 2. The highest BCUT2D eigenvalue weighted by molar-refractivity contribution is 9.11. The van der Waals surface area contributed by atoms with E-state index in [1.807, 2.05) is 6.92 Å². The molecule has 0 heterocycles. The molecule has 102 valence electrons. The van der Waals surface area contributed by atoms with Crippen molar-refractivity contribution in [1.29, 1.82) is 0 Å². The molecule has 1 aromatic carbocycles. The maximum atomic E-state index is 12.1. The number of halogens is 3. The monoisotopic (exact) mass is 461 g/mol. The number of unbranched alkanes of at least 4 members (excludes halogenated alkanes) is 1. The molecule has 0 aliphatic carbocycles. The Morgan fingerprint density at radius 3 is 2.44 bits per heavy atom. The Bertz CT molecular complexity index is 517. The molecule has 0 atom stereocenters. The summed E-state index contributed by atoms with van der Waals surface area (Å²) in [7, 11) is -3.45. The van der Waals surface area contributed by atoms with Crippen LogP contribution < -0.4 is 4.72 Å². The largest absolute Gasteiger partial charge is 0.241 e. The second kappa shape index (κ2) is 7.38. The number of aryl methyl sites for hydroxylation is 1. The summed E-state index contributed by atoms with van der Waals surface area (Å²) in [6, 6.07) is 3.41. The highest BCUT2D eigenvalue weighted by Crippen LogP contribution is 2.28. The van der Waals surface area contributed by atoms with Crippen molar-refractivity contribution in [2.24, 2.45) is 0 Å². The Labute approximate surface area is 133 Å². The van der Waals surface area contributed by atoms with E-state index in [1.54, 1.807) is 12.1 Å². The summed E-state index contributed by atoms with van der Waals surface area (Å²) in [6.07, 6.45) is 1.76. The van der Waals surface area contributed by atoms with Crippen molar-refractivity contribution in [3.8, 4) is 0 Å². The SMILES string of the molecule is Cc1cc(Br)c(S(=O)(=O)NCCCCBr)cc1Br. The third-order valence-electron chi connectivity index (χ3n) is 2.36. The molecular weight excluding hydrogens is 450 g/mol. The number of sulfonamides is 1. The summed E-state index contributed by atoms with van der Waals surface area (Å²) in [4.78, 5) is 0.263. The van der Waals surface area contributed by atoms with Crippen LogP contribution in [0.1, 0.15) is 18.4 Å². The topological polar surface area (TPSA) is 46.2 Å². The highest BCUT2D eigenvalue weighted by Gasteiger charge is 2.18. The van der Waals surface area contributed by atoms with Crippen molar-refractivity contribution in [3.05, 3.63) is 26.6 Å². The van der Waals surface area contributed by atoms with E-state index < -0.39 is 10.0 Å². The second-order valence-electron chi connectivity index (χ2n) is 3.83. The Balaban J connectivity index is 2.88. The van der Waals surface area contributed by atoms with Gasteiger partial charge in [0.1, 0.15) is 0 Å². The number of rotatable bonds is 6. The molecule has 0 aliphatic rings. The molecule has 7 heteroatoms.